The van der Waals surface area contributed by atoms with Crippen LogP contribution < -0.4 is 10.6 Å². The molecule has 1 aliphatic rings. The maximum atomic E-state index is 12.4. The van der Waals surface area contributed by atoms with Crippen LogP contribution in [0.2, 0.25) is 0 Å². The number of hydrogen-bond acceptors (Lipinski definition) is 3. The number of hydrogen-bond donors (Lipinski definition) is 2. The van der Waals surface area contributed by atoms with E-state index in [2.05, 4.69) is 10.6 Å². The van der Waals surface area contributed by atoms with Crippen LogP contribution in [0.25, 0.3) is 0 Å². The van der Waals surface area contributed by atoms with E-state index in [1.165, 1.54) is 6.92 Å². The van der Waals surface area contributed by atoms with Crippen molar-refractivity contribution in [3.05, 3.63) is 59.7 Å². The lowest BCUT2D eigenvalue weighted by Gasteiger charge is -2.09. The molecule has 134 valence electrons. The van der Waals surface area contributed by atoms with Crippen LogP contribution in [0.4, 0.5) is 11.4 Å². The molecule has 2 amide bonds. The van der Waals surface area contributed by atoms with Crippen molar-refractivity contribution in [2.24, 2.45) is 11.8 Å². The zero-order valence-corrected chi connectivity index (χ0v) is 14.9. The van der Waals surface area contributed by atoms with Gasteiger partial charge in [-0.25, -0.2) is 0 Å². The van der Waals surface area contributed by atoms with E-state index < -0.39 is 0 Å². The Labute approximate surface area is 152 Å². The highest BCUT2D eigenvalue weighted by atomic mass is 16.2. The van der Waals surface area contributed by atoms with Gasteiger partial charge in [0.2, 0.25) is 11.8 Å². The summed E-state index contributed by atoms with van der Waals surface area (Å²) in [7, 11) is 0. The molecular weight excluding hydrogens is 328 g/mol. The SMILES string of the molecule is CCc1ccccc1NC(=O)C1CC1C(=O)Nc1ccc(C(C)=O)cc1. The van der Waals surface area contributed by atoms with Gasteiger partial charge >= 0.3 is 0 Å². The van der Waals surface area contributed by atoms with E-state index in [1.54, 1.807) is 24.3 Å². The Morgan fingerprint density at radius 2 is 1.54 bits per heavy atom. The van der Waals surface area contributed by atoms with Crippen molar-refractivity contribution in [2.75, 3.05) is 10.6 Å². The first-order valence-electron chi connectivity index (χ1n) is 8.80. The molecule has 1 aliphatic carbocycles. The summed E-state index contributed by atoms with van der Waals surface area (Å²) in [6, 6.07) is 14.4. The molecule has 0 aromatic heterocycles. The van der Waals surface area contributed by atoms with Crippen LogP contribution in [0.1, 0.15) is 36.2 Å². The number of Topliss-reactive ketones (excluding diaryl/α,β-unsaturated/α-hetero) is 1. The monoisotopic (exact) mass is 350 g/mol. The van der Waals surface area contributed by atoms with Gasteiger partial charge in [-0.2, -0.15) is 0 Å². The minimum Gasteiger partial charge on any atom is -0.326 e. The smallest absolute Gasteiger partial charge is 0.228 e. The van der Waals surface area contributed by atoms with Crippen LogP contribution in [0.3, 0.4) is 0 Å². The van der Waals surface area contributed by atoms with Gasteiger partial charge in [0.05, 0.1) is 11.8 Å². The fourth-order valence-corrected chi connectivity index (χ4v) is 2.97. The summed E-state index contributed by atoms with van der Waals surface area (Å²) in [5, 5.41) is 5.75. The highest BCUT2D eigenvalue weighted by Crippen LogP contribution is 2.40. The van der Waals surface area contributed by atoms with Gasteiger partial charge in [-0.1, -0.05) is 25.1 Å². The van der Waals surface area contributed by atoms with Crippen molar-refractivity contribution in [3.63, 3.8) is 0 Å². The molecule has 5 nitrogen and oxygen atoms in total. The average molecular weight is 350 g/mol. The number of ketones is 1. The number of anilines is 2. The van der Waals surface area contributed by atoms with Crippen molar-refractivity contribution < 1.29 is 14.4 Å². The van der Waals surface area contributed by atoms with Crippen molar-refractivity contribution in [1.82, 2.24) is 0 Å². The molecule has 1 fully saturated rings. The van der Waals surface area contributed by atoms with Gasteiger partial charge in [0.25, 0.3) is 0 Å². The molecule has 0 heterocycles. The van der Waals surface area contributed by atoms with Gasteiger partial charge < -0.3 is 10.6 Å². The fraction of sp³-hybridized carbons (Fsp3) is 0.286. The standard InChI is InChI=1S/C21H22N2O3/c1-3-14-6-4-5-7-19(14)23-21(26)18-12-17(18)20(25)22-16-10-8-15(9-11-16)13(2)24/h4-11,17-18H,3,12H2,1-2H3,(H,22,25)(H,23,26). The number of aryl methyl sites for hydroxylation is 1. The summed E-state index contributed by atoms with van der Waals surface area (Å²) in [4.78, 5) is 36.0. The Morgan fingerprint density at radius 1 is 0.923 bits per heavy atom. The molecule has 2 atom stereocenters. The van der Waals surface area contributed by atoms with E-state index in [-0.39, 0.29) is 29.4 Å². The zero-order valence-electron chi connectivity index (χ0n) is 14.9. The molecule has 2 aromatic carbocycles. The van der Waals surface area contributed by atoms with Gasteiger partial charge in [0.15, 0.2) is 5.78 Å². The number of benzene rings is 2. The minimum absolute atomic E-state index is 0.0193. The number of para-hydroxylation sites is 1. The van der Waals surface area contributed by atoms with Crippen LogP contribution in [0, 0.1) is 11.8 Å². The van der Waals surface area contributed by atoms with Gasteiger partial charge in [0.1, 0.15) is 0 Å². The van der Waals surface area contributed by atoms with Gasteiger partial charge in [-0.3, -0.25) is 14.4 Å². The lowest BCUT2D eigenvalue weighted by Crippen LogP contribution is -2.21. The van der Waals surface area contributed by atoms with Crippen LogP contribution in [-0.4, -0.2) is 17.6 Å². The van der Waals surface area contributed by atoms with Crippen LogP contribution in [0.15, 0.2) is 48.5 Å². The lowest BCUT2D eigenvalue weighted by molar-refractivity contribution is -0.122. The highest BCUT2D eigenvalue weighted by molar-refractivity contribution is 6.03. The predicted molar refractivity (Wildman–Crippen MR) is 101 cm³/mol. The fourth-order valence-electron chi connectivity index (χ4n) is 2.97. The molecular formula is C21H22N2O3. The number of rotatable bonds is 6. The second-order valence-electron chi connectivity index (χ2n) is 6.57. The van der Waals surface area contributed by atoms with Crippen molar-refractivity contribution >= 4 is 29.0 Å². The Bertz CT molecular complexity index is 843. The third-order valence-electron chi connectivity index (χ3n) is 4.68. The Kier molecular flexibility index (Phi) is 5.16. The zero-order chi connectivity index (χ0) is 18.7. The molecule has 2 unspecified atom stereocenters. The molecule has 26 heavy (non-hydrogen) atoms. The van der Waals surface area contributed by atoms with Crippen LogP contribution in [-0.2, 0) is 16.0 Å². The van der Waals surface area contributed by atoms with E-state index in [0.29, 0.717) is 17.7 Å². The summed E-state index contributed by atoms with van der Waals surface area (Å²) in [6.07, 6.45) is 1.39. The molecule has 5 heteroatoms. The molecule has 0 saturated heterocycles. The molecule has 0 radical (unpaired) electrons. The number of nitrogens with one attached hydrogen (secondary N) is 2. The summed E-state index contributed by atoms with van der Waals surface area (Å²) < 4.78 is 0. The highest BCUT2D eigenvalue weighted by Gasteiger charge is 2.48. The van der Waals surface area contributed by atoms with E-state index in [0.717, 1.165) is 17.7 Å². The van der Waals surface area contributed by atoms with Gasteiger partial charge in [-0.15, -0.1) is 0 Å². The first-order chi connectivity index (χ1) is 12.5. The van der Waals surface area contributed by atoms with Crippen molar-refractivity contribution in [2.45, 2.75) is 26.7 Å². The van der Waals surface area contributed by atoms with E-state index in [4.69, 9.17) is 0 Å². The quantitative estimate of drug-likeness (QED) is 0.781. The van der Waals surface area contributed by atoms with Gasteiger partial charge in [-0.05, 0) is 55.7 Å². The lowest BCUT2D eigenvalue weighted by atomic mass is 10.1. The molecule has 2 aromatic rings. The second-order valence-corrected chi connectivity index (χ2v) is 6.57. The Morgan fingerprint density at radius 3 is 2.15 bits per heavy atom. The largest absolute Gasteiger partial charge is 0.326 e. The van der Waals surface area contributed by atoms with E-state index >= 15 is 0 Å². The van der Waals surface area contributed by atoms with Crippen LogP contribution in [0.5, 0.6) is 0 Å². The first-order valence-corrected chi connectivity index (χ1v) is 8.80. The van der Waals surface area contributed by atoms with Crippen LogP contribution >= 0.6 is 0 Å². The van der Waals surface area contributed by atoms with E-state index in [9.17, 15) is 14.4 Å². The van der Waals surface area contributed by atoms with Crippen molar-refractivity contribution in [1.29, 1.82) is 0 Å². The van der Waals surface area contributed by atoms with Crippen molar-refractivity contribution in [3.8, 4) is 0 Å². The molecule has 0 aliphatic heterocycles. The summed E-state index contributed by atoms with van der Waals surface area (Å²) in [6.45, 7) is 3.54. The molecule has 0 spiro atoms. The normalized spacial score (nSPS) is 18.1. The maximum Gasteiger partial charge on any atom is 0.228 e. The third-order valence-corrected chi connectivity index (χ3v) is 4.68. The Hall–Kier alpha value is -2.95. The number of amides is 2. The molecule has 0 bridgehead atoms. The molecule has 3 rings (SSSR count). The van der Waals surface area contributed by atoms with E-state index in [1.807, 2.05) is 31.2 Å². The Balaban J connectivity index is 1.56. The number of carbonyl (C=O) groups excluding carboxylic acids is 3. The summed E-state index contributed by atoms with van der Waals surface area (Å²) in [5.41, 5.74) is 3.11. The maximum absolute atomic E-state index is 12.4. The third kappa shape index (κ3) is 3.99. The summed E-state index contributed by atoms with van der Waals surface area (Å²) >= 11 is 0. The average Bonchev–Trinajstić information content (AvgIpc) is 3.43. The molecule has 1 saturated carbocycles. The first kappa shape index (κ1) is 17.9. The van der Waals surface area contributed by atoms with Gasteiger partial charge in [0, 0.05) is 16.9 Å². The molecule has 2 N–H and O–H groups in total. The second kappa shape index (κ2) is 7.52. The predicted octanol–water partition coefficient (Wildman–Crippen LogP) is 3.66. The number of carbonyl (C=O) groups is 3. The minimum atomic E-state index is -0.309. The topological polar surface area (TPSA) is 75.3 Å². The summed E-state index contributed by atoms with van der Waals surface area (Å²) in [5.74, 6) is -0.899.